The lowest BCUT2D eigenvalue weighted by Crippen LogP contribution is -2.42. The number of carbonyl (C=O) groups is 1. The third-order valence-electron chi connectivity index (χ3n) is 3.02. The zero-order valence-electron chi connectivity index (χ0n) is 12.3. The lowest BCUT2D eigenvalue weighted by atomic mass is 10.0. The molecule has 1 unspecified atom stereocenters. The van der Waals surface area contributed by atoms with Gasteiger partial charge >= 0.3 is 0 Å². The maximum atomic E-state index is 12.3. The van der Waals surface area contributed by atoms with Crippen molar-refractivity contribution in [2.75, 3.05) is 13.2 Å². The number of hydrogen-bond donors (Lipinski definition) is 1. The highest BCUT2D eigenvalue weighted by Gasteiger charge is 2.24. The van der Waals surface area contributed by atoms with Crippen LogP contribution in [0.4, 0.5) is 5.69 Å². The minimum Gasteiger partial charge on any atom is -0.380 e. The summed E-state index contributed by atoms with van der Waals surface area (Å²) in [5.74, 6) is -0.388. The number of ether oxygens (including phenoxy) is 1. The molecule has 0 bridgehead atoms. The molecule has 7 heteroatoms. The van der Waals surface area contributed by atoms with E-state index >= 15 is 0 Å². The highest BCUT2D eigenvalue weighted by atomic mass is 35.5. The smallest absolute Gasteiger partial charge is 0.282 e. The van der Waals surface area contributed by atoms with Crippen LogP contribution in [-0.4, -0.2) is 30.1 Å². The molecule has 1 aromatic carbocycles. The van der Waals surface area contributed by atoms with Gasteiger partial charge in [0.1, 0.15) is 5.56 Å². The van der Waals surface area contributed by atoms with E-state index < -0.39 is 10.8 Å². The zero-order valence-corrected chi connectivity index (χ0v) is 13.0. The van der Waals surface area contributed by atoms with Crippen molar-refractivity contribution in [2.24, 2.45) is 5.92 Å². The summed E-state index contributed by atoms with van der Waals surface area (Å²) in [6, 6.07) is 3.68. The van der Waals surface area contributed by atoms with Crippen LogP contribution in [0.5, 0.6) is 0 Å². The number of benzene rings is 1. The van der Waals surface area contributed by atoms with Gasteiger partial charge in [-0.2, -0.15) is 0 Å². The first-order valence-electron chi connectivity index (χ1n) is 6.69. The topological polar surface area (TPSA) is 81.5 Å². The Morgan fingerprint density at radius 2 is 2.14 bits per heavy atom. The summed E-state index contributed by atoms with van der Waals surface area (Å²) in [5, 5.41) is 14.0. The van der Waals surface area contributed by atoms with Gasteiger partial charge in [-0.25, -0.2) is 0 Å². The summed E-state index contributed by atoms with van der Waals surface area (Å²) < 4.78 is 5.32. The molecule has 0 aliphatic carbocycles. The van der Waals surface area contributed by atoms with Gasteiger partial charge in [-0.3, -0.25) is 14.9 Å². The molecule has 116 valence electrons. The molecular weight excluding hydrogens is 296 g/mol. The molecule has 6 nitrogen and oxygen atoms in total. The Hall–Kier alpha value is -1.66. The van der Waals surface area contributed by atoms with Gasteiger partial charge in [0.15, 0.2) is 0 Å². The fourth-order valence-corrected chi connectivity index (χ4v) is 1.91. The molecule has 1 atom stereocenters. The van der Waals surface area contributed by atoms with Crippen LogP contribution < -0.4 is 5.32 Å². The van der Waals surface area contributed by atoms with E-state index in [0.29, 0.717) is 13.2 Å². The first-order chi connectivity index (χ1) is 9.86. The molecule has 0 saturated carbocycles. The highest BCUT2D eigenvalue weighted by molar-refractivity contribution is 6.31. The van der Waals surface area contributed by atoms with E-state index in [4.69, 9.17) is 16.3 Å². The van der Waals surface area contributed by atoms with Crippen LogP contribution in [0.1, 0.15) is 31.1 Å². The molecule has 0 spiro atoms. The Balaban J connectivity index is 2.96. The van der Waals surface area contributed by atoms with Gasteiger partial charge < -0.3 is 10.1 Å². The Labute approximate surface area is 128 Å². The van der Waals surface area contributed by atoms with Gasteiger partial charge in [-0.15, -0.1) is 0 Å². The molecule has 0 radical (unpaired) electrons. The molecule has 0 heterocycles. The minimum absolute atomic E-state index is 0.0466. The molecule has 1 rings (SSSR count). The van der Waals surface area contributed by atoms with E-state index in [1.54, 1.807) is 0 Å². The molecule has 0 saturated heterocycles. The second-order valence-corrected chi connectivity index (χ2v) is 5.34. The number of nitrogens with one attached hydrogen (secondary N) is 1. The van der Waals surface area contributed by atoms with Crippen molar-refractivity contribution in [2.45, 2.75) is 26.8 Å². The maximum Gasteiger partial charge on any atom is 0.282 e. The minimum atomic E-state index is -0.599. The predicted molar refractivity (Wildman–Crippen MR) is 80.7 cm³/mol. The van der Waals surface area contributed by atoms with E-state index in [1.807, 2.05) is 20.8 Å². The van der Waals surface area contributed by atoms with E-state index in [1.165, 1.54) is 18.2 Å². The summed E-state index contributed by atoms with van der Waals surface area (Å²) in [6.45, 7) is 6.64. The van der Waals surface area contributed by atoms with Crippen LogP contribution in [-0.2, 0) is 4.74 Å². The number of amides is 1. The summed E-state index contributed by atoms with van der Waals surface area (Å²) in [4.78, 5) is 22.7. The number of nitro benzene ring substituents is 1. The summed E-state index contributed by atoms with van der Waals surface area (Å²) in [7, 11) is 0. The number of hydrogen-bond acceptors (Lipinski definition) is 4. The van der Waals surface area contributed by atoms with Crippen molar-refractivity contribution in [3.8, 4) is 0 Å². The number of halogens is 1. The standard InChI is InChI=1S/C14H19ClN2O4/c1-4-21-8-12(9(2)3)16-14(18)11-7-10(15)5-6-13(11)17(19)20/h5-7,9,12H,4,8H2,1-3H3,(H,16,18). The molecule has 0 aromatic heterocycles. The molecule has 1 N–H and O–H groups in total. The van der Waals surface area contributed by atoms with Crippen molar-refractivity contribution in [1.82, 2.24) is 5.32 Å². The zero-order chi connectivity index (χ0) is 16.0. The van der Waals surface area contributed by atoms with Gasteiger partial charge in [0.25, 0.3) is 11.6 Å². The monoisotopic (exact) mass is 314 g/mol. The van der Waals surface area contributed by atoms with Crippen LogP contribution >= 0.6 is 11.6 Å². The summed E-state index contributed by atoms with van der Waals surface area (Å²) in [5.41, 5.74) is -0.314. The highest BCUT2D eigenvalue weighted by Crippen LogP contribution is 2.23. The quantitative estimate of drug-likeness (QED) is 0.619. The number of nitro groups is 1. The average Bonchev–Trinajstić information content (AvgIpc) is 2.42. The van der Waals surface area contributed by atoms with Crippen molar-refractivity contribution < 1.29 is 14.5 Å². The summed E-state index contributed by atoms with van der Waals surface area (Å²) in [6.07, 6.45) is 0. The number of carbonyl (C=O) groups excluding carboxylic acids is 1. The van der Waals surface area contributed by atoms with Crippen LogP contribution in [0.3, 0.4) is 0 Å². The molecule has 1 amide bonds. The van der Waals surface area contributed by atoms with Crippen LogP contribution in [0.2, 0.25) is 5.02 Å². The van der Waals surface area contributed by atoms with Crippen LogP contribution in [0.15, 0.2) is 18.2 Å². The van der Waals surface area contributed by atoms with Crippen molar-refractivity contribution >= 4 is 23.2 Å². The number of rotatable bonds is 7. The van der Waals surface area contributed by atoms with Gasteiger partial charge in [0.2, 0.25) is 0 Å². The normalized spacial score (nSPS) is 12.2. The van der Waals surface area contributed by atoms with Gasteiger partial charge in [-0.05, 0) is 25.0 Å². The molecular formula is C14H19ClN2O4. The van der Waals surface area contributed by atoms with Crippen molar-refractivity contribution in [1.29, 1.82) is 0 Å². The van der Waals surface area contributed by atoms with E-state index in [2.05, 4.69) is 5.32 Å². The van der Waals surface area contributed by atoms with Gasteiger partial charge in [0.05, 0.1) is 17.6 Å². The SMILES string of the molecule is CCOCC(NC(=O)c1cc(Cl)ccc1[N+](=O)[O-])C(C)C. The Bertz CT molecular complexity index is 520. The first kappa shape index (κ1) is 17.4. The molecule has 0 fully saturated rings. The van der Waals surface area contributed by atoms with Crippen LogP contribution in [0.25, 0.3) is 0 Å². The van der Waals surface area contributed by atoms with E-state index in [0.717, 1.165) is 0 Å². The van der Waals surface area contributed by atoms with Crippen LogP contribution in [0, 0.1) is 16.0 Å². The van der Waals surface area contributed by atoms with Gasteiger partial charge in [-0.1, -0.05) is 25.4 Å². The lowest BCUT2D eigenvalue weighted by Gasteiger charge is -2.22. The average molecular weight is 315 g/mol. The van der Waals surface area contributed by atoms with Crippen molar-refractivity contribution in [3.05, 3.63) is 38.9 Å². The second-order valence-electron chi connectivity index (χ2n) is 4.90. The second kappa shape index (κ2) is 7.95. The summed E-state index contributed by atoms with van der Waals surface area (Å²) >= 11 is 5.82. The molecule has 1 aromatic rings. The fraction of sp³-hybridized carbons (Fsp3) is 0.500. The first-order valence-corrected chi connectivity index (χ1v) is 7.07. The van der Waals surface area contributed by atoms with Gasteiger partial charge in [0, 0.05) is 17.7 Å². The van der Waals surface area contributed by atoms with Crippen molar-refractivity contribution in [3.63, 3.8) is 0 Å². The number of nitrogens with zero attached hydrogens (tertiary/aromatic N) is 1. The molecule has 0 aliphatic heterocycles. The van der Waals surface area contributed by atoms with E-state index in [-0.39, 0.29) is 28.2 Å². The fourth-order valence-electron chi connectivity index (χ4n) is 1.74. The predicted octanol–water partition coefficient (Wildman–Crippen LogP) is 3.04. The third-order valence-corrected chi connectivity index (χ3v) is 3.26. The molecule has 21 heavy (non-hydrogen) atoms. The van der Waals surface area contributed by atoms with E-state index in [9.17, 15) is 14.9 Å². The maximum absolute atomic E-state index is 12.3. The lowest BCUT2D eigenvalue weighted by molar-refractivity contribution is -0.385. The Morgan fingerprint density at radius 1 is 1.48 bits per heavy atom. The molecule has 0 aliphatic rings. The largest absolute Gasteiger partial charge is 0.380 e. The Kier molecular flexibility index (Phi) is 6.58. The Morgan fingerprint density at radius 3 is 2.67 bits per heavy atom. The third kappa shape index (κ3) is 4.99.